The van der Waals surface area contributed by atoms with E-state index < -0.39 is 11.9 Å². The number of hydrogen-bond donors (Lipinski definition) is 1. The van der Waals surface area contributed by atoms with E-state index in [1.54, 1.807) is 19.3 Å². The molecule has 0 saturated heterocycles. The molecule has 2 aromatic heterocycles. The van der Waals surface area contributed by atoms with Gasteiger partial charge < -0.3 is 9.84 Å². The third kappa shape index (κ3) is 3.18. The summed E-state index contributed by atoms with van der Waals surface area (Å²) in [6.45, 7) is 0. The first-order valence-electron chi connectivity index (χ1n) is 9.64. The molecule has 1 aromatic carbocycles. The Labute approximate surface area is 167 Å². The van der Waals surface area contributed by atoms with Gasteiger partial charge in [-0.3, -0.25) is 14.5 Å². The fraction of sp³-hybridized carbons (Fsp3) is 0.273. The summed E-state index contributed by atoms with van der Waals surface area (Å²) in [4.78, 5) is 31.7. The van der Waals surface area contributed by atoms with Gasteiger partial charge in [0, 0.05) is 25.7 Å². The lowest BCUT2D eigenvalue weighted by molar-refractivity contribution is -0.120. The number of rotatable bonds is 4. The van der Waals surface area contributed by atoms with E-state index in [0.29, 0.717) is 18.0 Å². The number of benzene rings is 1. The molecule has 1 aliphatic heterocycles. The van der Waals surface area contributed by atoms with Crippen molar-refractivity contribution in [2.45, 2.75) is 24.8 Å². The molecule has 1 fully saturated rings. The Bertz CT molecular complexity index is 1080. The molecule has 3 aromatic rings. The van der Waals surface area contributed by atoms with E-state index in [2.05, 4.69) is 15.5 Å². The minimum absolute atomic E-state index is 0.0787. The van der Waals surface area contributed by atoms with Crippen molar-refractivity contribution in [1.29, 1.82) is 0 Å². The van der Waals surface area contributed by atoms with Crippen LogP contribution in [0.3, 0.4) is 0 Å². The second-order valence-corrected chi connectivity index (χ2v) is 7.61. The second kappa shape index (κ2) is 6.84. The van der Waals surface area contributed by atoms with Gasteiger partial charge in [0.1, 0.15) is 17.6 Å². The van der Waals surface area contributed by atoms with Gasteiger partial charge in [-0.1, -0.05) is 41.6 Å². The summed E-state index contributed by atoms with van der Waals surface area (Å²) in [5.74, 6) is 1.04. The van der Waals surface area contributed by atoms with E-state index in [-0.39, 0.29) is 23.4 Å². The molecule has 29 heavy (non-hydrogen) atoms. The maximum absolute atomic E-state index is 13.0. The Kier molecular flexibility index (Phi) is 4.16. The zero-order chi connectivity index (χ0) is 20.0. The zero-order valence-corrected chi connectivity index (χ0v) is 15.9. The van der Waals surface area contributed by atoms with Crippen LogP contribution in [0.2, 0.25) is 0 Å². The summed E-state index contributed by atoms with van der Waals surface area (Å²) in [6.07, 6.45) is 3.10. The first-order chi connectivity index (χ1) is 14.1. The maximum atomic E-state index is 13.0. The zero-order valence-electron chi connectivity index (χ0n) is 15.9. The van der Waals surface area contributed by atoms with Crippen molar-refractivity contribution in [2.24, 2.45) is 5.92 Å². The number of hydrogen-bond acceptors (Lipinski definition) is 5. The number of nitrogens with zero attached hydrogens (tertiary/aromatic N) is 3. The van der Waals surface area contributed by atoms with Crippen LogP contribution in [0.15, 0.2) is 59.3 Å². The number of carbonyl (C=O) groups excluding carboxylic acids is 2. The average Bonchev–Trinajstić information content (AvgIpc) is 3.41. The summed E-state index contributed by atoms with van der Waals surface area (Å²) in [5, 5.41) is 6.78. The smallest absolute Gasteiger partial charge is 0.274 e. The molecule has 2 aliphatic rings. The van der Waals surface area contributed by atoms with Crippen molar-refractivity contribution in [3.63, 3.8) is 0 Å². The molecule has 7 nitrogen and oxygen atoms in total. The first-order valence-corrected chi connectivity index (χ1v) is 9.64. The lowest BCUT2D eigenvalue weighted by Crippen LogP contribution is -2.48. The lowest BCUT2D eigenvalue weighted by Gasteiger charge is -2.22. The largest absolute Gasteiger partial charge is 0.360 e. The van der Waals surface area contributed by atoms with Gasteiger partial charge in [0.05, 0.1) is 0 Å². The molecule has 1 saturated carbocycles. The van der Waals surface area contributed by atoms with E-state index >= 15 is 0 Å². The second-order valence-electron chi connectivity index (χ2n) is 7.61. The van der Waals surface area contributed by atoms with Gasteiger partial charge in [0.15, 0.2) is 5.69 Å². The number of fused-ring (bicyclic) bond motifs is 3. The van der Waals surface area contributed by atoms with E-state index in [1.165, 1.54) is 4.90 Å². The van der Waals surface area contributed by atoms with Gasteiger partial charge in [0.2, 0.25) is 0 Å². The Morgan fingerprint density at radius 3 is 2.90 bits per heavy atom. The Morgan fingerprint density at radius 1 is 1.24 bits per heavy atom. The molecule has 0 spiro atoms. The minimum atomic E-state index is -0.596. The molecule has 1 aliphatic carbocycles. The number of anilines is 1. The van der Waals surface area contributed by atoms with Crippen molar-refractivity contribution >= 4 is 17.6 Å². The number of nitrogens with one attached hydrogen (secondary N) is 1. The van der Waals surface area contributed by atoms with Gasteiger partial charge in [0.25, 0.3) is 11.8 Å². The molecule has 146 valence electrons. The third-order valence-corrected chi connectivity index (χ3v) is 5.70. The van der Waals surface area contributed by atoms with Crippen LogP contribution in [0.5, 0.6) is 0 Å². The Morgan fingerprint density at radius 2 is 2.07 bits per heavy atom. The normalized spacial score (nSPS) is 22.4. The SMILES string of the molecule is CN1C(=O)[C@@H](NC(=O)c2cc(Cc3ccccc3)on2)[C@H]2C[C@H]2c2cccnc21. The highest BCUT2D eigenvalue weighted by Crippen LogP contribution is 2.53. The molecule has 2 amide bonds. The monoisotopic (exact) mass is 388 g/mol. The van der Waals surface area contributed by atoms with Crippen molar-refractivity contribution in [3.8, 4) is 0 Å². The van der Waals surface area contributed by atoms with Gasteiger partial charge in [-0.15, -0.1) is 0 Å². The molecule has 5 rings (SSSR count). The lowest BCUT2D eigenvalue weighted by atomic mass is 10.1. The molecular weight excluding hydrogens is 368 g/mol. The van der Waals surface area contributed by atoms with Crippen LogP contribution in [0.1, 0.15) is 39.7 Å². The maximum Gasteiger partial charge on any atom is 0.274 e. The summed E-state index contributed by atoms with van der Waals surface area (Å²) in [5.41, 5.74) is 2.32. The van der Waals surface area contributed by atoms with Gasteiger partial charge in [-0.2, -0.15) is 0 Å². The molecule has 3 heterocycles. The van der Waals surface area contributed by atoms with Gasteiger partial charge in [-0.05, 0) is 35.4 Å². The third-order valence-electron chi connectivity index (χ3n) is 5.70. The van der Waals surface area contributed by atoms with E-state index in [1.807, 2.05) is 42.5 Å². The van der Waals surface area contributed by atoms with Crippen LogP contribution in [-0.2, 0) is 11.2 Å². The van der Waals surface area contributed by atoms with Crippen LogP contribution in [0.25, 0.3) is 0 Å². The van der Waals surface area contributed by atoms with Crippen LogP contribution < -0.4 is 10.2 Å². The van der Waals surface area contributed by atoms with E-state index in [0.717, 1.165) is 17.5 Å². The predicted octanol–water partition coefficient (Wildman–Crippen LogP) is 2.54. The predicted molar refractivity (Wildman–Crippen MR) is 106 cm³/mol. The number of amides is 2. The number of carbonyl (C=O) groups is 2. The molecule has 0 unspecified atom stereocenters. The standard InChI is InChI=1S/C22H20N4O3/c1-26-20-15(8-5-9-23-20)16-12-17(16)19(22(26)28)24-21(27)18-11-14(29-25-18)10-13-6-3-2-4-7-13/h2-9,11,16-17,19H,10,12H2,1H3,(H,24,27)/t16-,17-,19-/m0/s1. The highest BCUT2D eigenvalue weighted by Gasteiger charge is 2.52. The fourth-order valence-electron chi connectivity index (χ4n) is 4.10. The number of likely N-dealkylation sites (N-methyl/N-ethyl adjacent to an activating group) is 1. The summed E-state index contributed by atoms with van der Waals surface area (Å²) >= 11 is 0. The van der Waals surface area contributed by atoms with Crippen molar-refractivity contribution < 1.29 is 14.1 Å². The van der Waals surface area contributed by atoms with Crippen molar-refractivity contribution in [1.82, 2.24) is 15.5 Å². The van der Waals surface area contributed by atoms with E-state index in [9.17, 15) is 9.59 Å². The summed E-state index contributed by atoms with van der Waals surface area (Å²) in [7, 11) is 1.70. The van der Waals surface area contributed by atoms with E-state index in [4.69, 9.17) is 4.52 Å². The Balaban J connectivity index is 1.32. The van der Waals surface area contributed by atoms with Crippen LogP contribution in [-0.4, -0.2) is 35.0 Å². The quantitative estimate of drug-likeness (QED) is 0.742. The van der Waals surface area contributed by atoms with Crippen LogP contribution >= 0.6 is 0 Å². The minimum Gasteiger partial charge on any atom is -0.360 e. The average molecular weight is 388 g/mol. The van der Waals surface area contributed by atoms with Crippen molar-refractivity contribution in [3.05, 3.63) is 77.3 Å². The number of aromatic nitrogens is 2. The van der Waals surface area contributed by atoms with Gasteiger partial charge in [-0.25, -0.2) is 4.98 Å². The Hall–Kier alpha value is -3.48. The van der Waals surface area contributed by atoms with Crippen molar-refractivity contribution in [2.75, 3.05) is 11.9 Å². The van der Waals surface area contributed by atoms with Crippen LogP contribution in [0.4, 0.5) is 5.82 Å². The highest BCUT2D eigenvalue weighted by molar-refractivity contribution is 6.02. The molecule has 0 radical (unpaired) electrons. The highest BCUT2D eigenvalue weighted by atomic mass is 16.5. The number of pyridine rings is 1. The molecule has 3 atom stereocenters. The summed E-state index contributed by atoms with van der Waals surface area (Å²) in [6, 6.07) is 14.8. The topological polar surface area (TPSA) is 88.3 Å². The molecular formula is C22H20N4O3. The van der Waals surface area contributed by atoms with Gasteiger partial charge >= 0.3 is 0 Å². The fourth-order valence-corrected chi connectivity index (χ4v) is 4.10. The first kappa shape index (κ1) is 17.6. The molecule has 7 heteroatoms. The van der Waals surface area contributed by atoms with Crippen LogP contribution in [0, 0.1) is 5.92 Å². The summed E-state index contributed by atoms with van der Waals surface area (Å²) < 4.78 is 5.32. The molecule has 1 N–H and O–H groups in total. The molecule has 0 bridgehead atoms.